The van der Waals surface area contributed by atoms with E-state index in [1.165, 1.54) is 0 Å². The predicted octanol–water partition coefficient (Wildman–Crippen LogP) is 1.86. The van der Waals surface area contributed by atoms with Crippen LogP contribution in [0.5, 0.6) is 0 Å². The van der Waals surface area contributed by atoms with Crippen molar-refractivity contribution >= 4 is 12.2 Å². The van der Waals surface area contributed by atoms with Crippen LogP contribution < -0.4 is 5.32 Å². The van der Waals surface area contributed by atoms with Gasteiger partial charge in [0.1, 0.15) is 0 Å². The topological polar surface area (TPSA) is 38.3 Å². The molecule has 1 amide bonds. The number of alkyl carbamates (subject to hydrolysis) is 1. The minimum Gasteiger partial charge on any atom is -0.439 e. The third-order valence-corrected chi connectivity index (χ3v) is 2.63. The molecule has 70 valence electrons. The maximum Gasteiger partial charge on any atom is 0.408 e. The number of carbonyl (C=O) groups excluding carboxylic acids is 1. The van der Waals surface area contributed by atoms with Gasteiger partial charge < -0.3 is 10.1 Å². The molecule has 0 saturated carbocycles. The summed E-state index contributed by atoms with van der Waals surface area (Å²) in [4.78, 5) is 11.1. The molecule has 1 aliphatic heterocycles. The lowest BCUT2D eigenvalue weighted by Crippen LogP contribution is -2.27. The quantitative estimate of drug-likeness (QED) is 0.673. The number of ether oxygens (including phenoxy) is 1. The second kappa shape index (κ2) is 2.61. The molecule has 2 atom stereocenters. The van der Waals surface area contributed by atoms with Gasteiger partial charge in [-0.3, -0.25) is 0 Å². The maximum atomic E-state index is 11.1. The Labute approximate surface area is 81.4 Å². The monoisotopic (exact) mass is 187 g/mol. The van der Waals surface area contributed by atoms with Crippen molar-refractivity contribution in [3.8, 4) is 0 Å². The van der Waals surface area contributed by atoms with Gasteiger partial charge in [-0.2, -0.15) is 0 Å². The average molecular weight is 187 g/mol. The predicted molar refractivity (Wildman–Crippen MR) is 51.6 cm³/mol. The van der Waals surface area contributed by atoms with Gasteiger partial charge in [0, 0.05) is 5.56 Å². The summed E-state index contributed by atoms with van der Waals surface area (Å²) in [7, 11) is 0. The molecule has 0 aromatic heterocycles. The molecule has 3 heteroatoms. The first-order valence-electron chi connectivity index (χ1n) is 4.59. The van der Waals surface area contributed by atoms with Crippen LogP contribution in [0.3, 0.4) is 0 Å². The van der Waals surface area contributed by atoms with E-state index < -0.39 is 0 Å². The van der Waals surface area contributed by atoms with Gasteiger partial charge in [-0.15, -0.1) is 0 Å². The SMILES string of the molecule is O=C1N[C@@H]2C=Cc3ccccc3[C@H]2O1. The summed E-state index contributed by atoms with van der Waals surface area (Å²) in [6.45, 7) is 0. The summed E-state index contributed by atoms with van der Waals surface area (Å²) in [5.41, 5.74) is 2.21. The zero-order chi connectivity index (χ0) is 9.54. The Morgan fingerprint density at radius 1 is 1.29 bits per heavy atom. The van der Waals surface area contributed by atoms with E-state index in [0.29, 0.717) is 0 Å². The van der Waals surface area contributed by atoms with Crippen LogP contribution in [-0.4, -0.2) is 12.1 Å². The van der Waals surface area contributed by atoms with Crippen molar-refractivity contribution in [1.29, 1.82) is 0 Å². The minimum atomic E-state index is -0.332. The van der Waals surface area contributed by atoms with Crippen molar-refractivity contribution in [2.24, 2.45) is 0 Å². The number of rotatable bonds is 0. The van der Waals surface area contributed by atoms with Gasteiger partial charge in [0.05, 0.1) is 6.04 Å². The molecule has 1 aromatic carbocycles. The highest BCUT2D eigenvalue weighted by atomic mass is 16.6. The Hall–Kier alpha value is -1.77. The molecule has 1 fully saturated rings. The zero-order valence-electron chi connectivity index (χ0n) is 7.44. The Balaban J connectivity index is 2.11. The van der Waals surface area contributed by atoms with Crippen molar-refractivity contribution in [3.63, 3.8) is 0 Å². The van der Waals surface area contributed by atoms with E-state index >= 15 is 0 Å². The zero-order valence-corrected chi connectivity index (χ0v) is 7.44. The van der Waals surface area contributed by atoms with Gasteiger partial charge in [0.15, 0.2) is 6.10 Å². The largest absolute Gasteiger partial charge is 0.439 e. The Bertz CT molecular complexity index is 425. The fourth-order valence-corrected chi connectivity index (χ4v) is 1.97. The summed E-state index contributed by atoms with van der Waals surface area (Å²) in [6, 6.07) is 7.96. The molecule has 1 aliphatic carbocycles. The van der Waals surface area contributed by atoms with Gasteiger partial charge in [0.25, 0.3) is 0 Å². The van der Waals surface area contributed by atoms with Gasteiger partial charge >= 0.3 is 6.09 Å². The molecule has 0 spiro atoms. The van der Waals surface area contributed by atoms with Crippen molar-refractivity contribution in [2.45, 2.75) is 12.1 Å². The molecular weight excluding hydrogens is 178 g/mol. The van der Waals surface area contributed by atoms with Gasteiger partial charge in [-0.05, 0) is 5.56 Å². The van der Waals surface area contributed by atoms with Crippen LogP contribution in [0.1, 0.15) is 17.2 Å². The third kappa shape index (κ3) is 0.954. The van der Waals surface area contributed by atoms with E-state index in [4.69, 9.17) is 4.74 Å². The molecule has 1 aromatic rings. The highest BCUT2D eigenvalue weighted by Crippen LogP contribution is 2.33. The number of amides is 1. The van der Waals surface area contributed by atoms with Crippen molar-refractivity contribution in [2.75, 3.05) is 0 Å². The summed E-state index contributed by atoms with van der Waals surface area (Å²) < 4.78 is 5.19. The van der Waals surface area contributed by atoms with E-state index in [2.05, 4.69) is 5.32 Å². The van der Waals surface area contributed by atoms with Crippen LogP contribution >= 0.6 is 0 Å². The lowest BCUT2D eigenvalue weighted by molar-refractivity contribution is 0.135. The van der Waals surface area contributed by atoms with Crippen LogP contribution in [0.15, 0.2) is 30.3 Å². The minimum absolute atomic E-state index is 0.00241. The van der Waals surface area contributed by atoms with E-state index in [9.17, 15) is 4.79 Å². The molecule has 3 rings (SSSR count). The lowest BCUT2D eigenvalue weighted by Gasteiger charge is -2.20. The first-order valence-corrected chi connectivity index (χ1v) is 4.59. The molecule has 0 bridgehead atoms. The Morgan fingerprint density at radius 3 is 3.07 bits per heavy atom. The third-order valence-electron chi connectivity index (χ3n) is 2.63. The van der Waals surface area contributed by atoms with Gasteiger partial charge in [0.2, 0.25) is 0 Å². The van der Waals surface area contributed by atoms with Gasteiger partial charge in [-0.25, -0.2) is 4.79 Å². The molecule has 1 saturated heterocycles. The van der Waals surface area contributed by atoms with Crippen molar-refractivity contribution in [1.82, 2.24) is 5.32 Å². The standard InChI is InChI=1S/C11H9NO2/c13-11-12-9-6-5-7-3-1-2-4-8(7)10(9)14-11/h1-6,9-10H,(H,12,13)/t9-,10-/m1/s1. The van der Waals surface area contributed by atoms with Crippen molar-refractivity contribution in [3.05, 3.63) is 41.5 Å². The number of fused-ring (bicyclic) bond motifs is 3. The van der Waals surface area contributed by atoms with E-state index in [1.807, 2.05) is 36.4 Å². The molecule has 0 radical (unpaired) electrons. The summed E-state index contributed by atoms with van der Waals surface area (Å²) in [6.07, 6.45) is 3.51. The van der Waals surface area contributed by atoms with E-state index in [-0.39, 0.29) is 18.2 Å². The van der Waals surface area contributed by atoms with Crippen LogP contribution in [-0.2, 0) is 4.74 Å². The van der Waals surface area contributed by atoms with Crippen LogP contribution in [0.4, 0.5) is 4.79 Å². The van der Waals surface area contributed by atoms with Crippen LogP contribution in [0, 0.1) is 0 Å². The highest BCUT2D eigenvalue weighted by molar-refractivity contribution is 5.74. The molecular formula is C11H9NO2. The van der Waals surface area contributed by atoms with Crippen LogP contribution in [0.25, 0.3) is 6.08 Å². The summed E-state index contributed by atoms with van der Waals surface area (Å²) in [5.74, 6) is 0. The molecule has 0 unspecified atom stereocenters. The van der Waals surface area contributed by atoms with E-state index in [1.54, 1.807) is 0 Å². The normalized spacial score (nSPS) is 27.6. The van der Waals surface area contributed by atoms with Crippen LogP contribution in [0.2, 0.25) is 0 Å². The lowest BCUT2D eigenvalue weighted by atomic mass is 9.92. The molecule has 2 aliphatic rings. The second-order valence-corrected chi connectivity index (χ2v) is 3.48. The number of hydrogen-bond acceptors (Lipinski definition) is 2. The summed E-state index contributed by atoms with van der Waals surface area (Å²) >= 11 is 0. The molecule has 14 heavy (non-hydrogen) atoms. The number of nitrogens with one attached hydrogen (secondary N) is 1. The maximum absolute atomic E-state index is 11.1. The number of hydrogen-bond donors (Lipinski definition) is 1. The first kappa shape index (κ1) is 7.62. The molecule has 1 N–H and O–H groups in total. The summed E-state index contributed by atoms with van der Waals surface area (Å²) in [5, 5.41) is 2.75. The fraction of sp³-hybridized carbons (Fsp3) is 0.182. The average Bonchev–Trinajstić information content (AvgIpc) is 2.59. The first-order chi connectivity index (χ1) is 6.84. The molecule has 3 nitrogen and oxygen atoms in total. The Kier molecular flexibility index (Phi) is 1.42. The number of benzene rings is 1. The number of carbonyl (C=O) groups is 1. The second-order valence-electron chi connectivity index (χ2n) is 3.48. The smallest absolute Gasteiger partial charge is 0.408 e. The van der Waals surface area contributed by atoms with Crippen molar-refractivity contribution < 1.29 is 9.53 Å². The van der Waals surface area contributed by atoms with E-state index in [0.717, 1.165) is 11.1 Å². The Morgan fingerprint density at radius 2 is 2.14 bits per heavy atom. The van der Waals surface area contributed by atoms with Gasteiger partial charge in [-0.1, -0.05) is 36.4 Å². The fourth-order valence-electron chi connectivity index (χ4n) is 1.97. The highest BCUT2D eigenvalue weighted by Gasteiger charge is 2.36. The molecule has 1 heterocycles.